The Morgan fingerprint density at radius 1 is 1.11 bits per heavy atom. The molecule has 3 aromatic rings. The van der Waals surface area contributed by atoms with Crippen LogP contribution >= 0.6 is 11.5 Å². The molecule has 27 heavy (non-hydrogen) atoms. The summed E-state index contributed by atoms with van der Waals surface area (Å²) in [4.78, 5) is 29.0. The first-order valence-electron chi connectivity index (χ1n) is 8.89. The lowest BCUT2D eigenvalue weighted by molar-refractivity contribution is -0.0220. The number of H-pyrrole nitrogens is 2. The van der Waals surface area contributed by atoms with Crippen LogP contribution < -0.4 is 16.0 Å². The van der Waals surface area contributed by atoms with Crippen molar-refractivity contribution in [2.45, 2.75) is 32.1 Å². The molecular formula is C19H19F2N3O2S. The van der Waals surface area contributed by atoms with Crippen molar-refractivity contribution in [3.8, 4) is 11.3 Å². The van der Waals surface area contributed by atoms with E-state index in [-0.39, 0.29) is 23.8 Å². The van der Waals surface area contributed by atoms with Crippen molar-refractivity contribution < 1.29 is 8.78 Å². The van der Waals surface area contributed by atoms with Gasteiger partial charge < -0.3 is 9.88 Å². The molecular weight excluding hydrogens is 372 g/mol. The molecule has 2 N–H and O–H groups in total. The van der Waals surface area contributed by atoms with Crippen LogP contribution in [0.3, 0.4) is 0 Å². The number of rotatable bonds is 3. The minimum Gasteiger partial charge on any atom is -0.371 e. The second kappa shape index (κ2) is 6.60. The molecule has 3 heterocycles. The van der Waals surface area contributed by atoms with Crippen LogP contribution in [0.5, 0.6) is 0 Å². The number of pyridine rings is 1. The number of halogens is 2. The zero-order valence-corrected chi connectivity index (χ0v) is 15.6. The number of aromatic nitrogens is 2. The number of fused-ring (bicyclic) bond motifs is 1. The van der Waals surface area contributed by atoms with Gasteiger partial charge in [0.05, 0.1) is 10.4 Å². The summed E-state index contributed by atoms with van der Waals surface area (Å²) in [7, 11) is 0. The highest BCUT2D eigenvalue weighted by Gasteiger charge is 2.34. The van der Waals surface area contributed by atoms with E-state index in [1.165, 1.54) is 11.5 Å². The van der Waals surface area contributed by atoms with E-state index in [9.17, 15) is 18.4 Å². The molecule has 0 atom stereocenters. The average Bonchev–Trinajstić information content (AvgIpc) is 3.04. The van der Waals surface area contributed by atoms with Crippen molar-refractivity contribution in [1.82, 2.24) is 9.36 Å². The van der Waals surface area contributed by atoms with Crippen molar-refractivity contribution in [2.75, 3.05) is 18.0 Å². The lowest BCUT2D eigenvalue weighted by atomic mass is 10.0. The van der Waals surface area contributed by atoms with E-state index in [1.54, 1.807) is 0 Å². The number of aromatic amines is 2. The van der Waals surface area contributed by atoms with Gasteiger partial charge in [0, 0.05) is 31.6 Å². The molecule has 0 saturated carbocycles. The first-order chi connectivity index (χ1) is 12.9. The minimum atomic E-state index is -2.57. The van der Waals surface area contributed by atoms with Gasteiger partial charge in [0.15, 0.2) is 0 Å². The molecule has 0 amide bonds. The number of nitrogens with one attached hydrogen (secondary N) is 2. The highest BCUT2D eigenvalue weighted by Crippen LogP contribution is 2.32. The summed E-state index contributed by atoms with van der Waals surface area (Å²) in [6.45, 7) is 2.63. The Morgan fingerprint density at radius 2 is 1.78 bits per heavy atom. The monoisotopic (exact) mass is 391 g/mol. The van der Waals surface area contributed by atoms with Crippen LogP contribution in [0, 0.1) is 0 Å². The number of hydrogen-bond donors (Lipinski definition) is 2. The molecule has 1 fully saturated rings. The minimum absolute atomic E-state index is 0.134. The van der Waals surface area contributed by atoms with Crippen molar-refractivity contribution in [1.29, 1.82) is 0 Å². The number of alkyl halides is 2. The largest absolute Gasteiger partial charge is 0.371 e. The van der Waals surface area contributed by atoms with E-state index in [4.69, 9.17) is 0 Å². The zero-order valence-electron chi connectivity index (χ0n) is 14.8. The Balaban J connectivity index is 1.70. The average molecular weight is 391 g/mol. The molecule has 1 saturated heterocycles. The van der Waals surface area contributed by atoms with Crippen molar-refractivity contribution in [3.63, 3.8) is 0 Å². The van der Waals surface area contributed by atoms with Gasteiger partial charge in [-0.15, -0.1) is 0 Å². The van der Waals surface area contributed by atoms with Crippen molar-refractivity contribution >= 4 is 27.3 Å². The summed E-state index contributed by atoms with van der Waals surface area (Å²) in [5, 5.41) is 0.173. The highest BCUT2D eigenvalue weighted by atomic mass is 32.1. The van der Waals surface area contributed by atoms with E-state index in [0.29, 0.717) is 29.9 Å². The maximum atomic E-state index is 13.3. The van der Waals surface area contributed by atoms with Gasteiger partial charge in [-0.05, 0) is 29.7 Å². The molecule has 0 unspecified atom stereocenters. The van der Waals surface area contributed by atoms with E-state index in [2.05, 4.69) is 9.36 Å². The predicted octanol–water partition coefficient (Wildman–Crippen LogP) is 3.74. The van der Waals surface area contributed by atoms with E-state index in [1.807, 2.05) is 36.1 Å². The van der Waals surface area contributed by atoms with Crippen molar-refractivity contribution in [2.24, 2.45) is 0 Å². The Hall–Kier alpha value is -2.48. The lowest BCUT2D eigenvalue weighted by Gasteiger charge is -2.33. The molecule has 1 aliphatic heterocycles. The predicted molar refractivity (Wildman–Crippen MR) is 104 cm³/mol. The fourth-order valence-corrected chi connectivity index (χ4v) is 4.55. The number of nitrogens with zero attached hydrogens (tertiary/aromatic N) is 1. The van der Waals surface area contributed by atoms with Gasteiger partial charge in [0.1, 0.15) is 5.39 Å². The number of aryl methyl sites for hydroxylation is 1. The highest BCUT2D eigenvalue weighted by molar-refractivity contribution is 7.13. The normalized spacial score (nSPS) is 16.8. The summed E-state index contributed by atoms with van der Waals surface area (Å²) in [5.74, 6) is -2.57. The van der Waals surface area contributed by atoms with Crippen LogP contribution in [0.1, 0.15) is 25.3 Å². The number of piperidine rings is 1. The van der Waals surface area contributed by atoms with E-state index >= 15 is 0 Å². The van der Waals surface area contributed by atoms with Crippen molar-refractivity contribution in [3.05, 3.63) is 50.5 Å². The maximum absolute atomic E-state index is 13.3. The van der Waals surface area contributed by atoms with Crippen LogP contribution in [0.25, 0.3) is 21.3 Å². The van der Waals surface area contributed by atoms with Gasteiger partial charge in [-0.2, -0.15) is 0 Å². The third-order valence-electron chi connectivity index (χ3n) is 5.11. The first-order valence-corrected chi connectivity index (χ1v) is 9.71. The van der Waals surface area contributed by atoms with Gasteiger partial charge in [-0.25, -0.2) is 8.78 Å². The van der Waals surface area contributed by atoms with Gasteiger partial charge in [0.2, 0.25) is 0 Å². The summed E-state index contributed by atoms with van der Waals surface area (Å²) in [6, 6.07) is 7.54. The Labute approximate surface area is 157 Å². The first kappa shape index (κ1) is 17.9. The molecule has 8 heteroatoms. The SMILES string of the molecule is CCc1c(-c2ccc(N3CCC(F)(F)CC3)cc2)[nH]c(=O)c2c(=O)[nH]sc12. The molecule has 1 aliphatic rings. The van der Waals surface area contributed by atoms with Gasteiger partial charge >= 0.3 is 0 Å². The lowest BCUT2D eigenvalue weighted by Crippen LogP contribution is -2.39. The zero-order chi connectivity index (χ0) is 19.2. The standard InChI is InChI=1S/C19H19F2N3O2S/c1-2-13-15(22-17(25)14-16(13)27-23-18(14)26)11-3-5-12(6-4-11)24-9-7-19(20,21)8-10-24/h3-6H,2,7-10H2,1H3,(H,22,25)(H,23,26). The second-order valence-electron chi connectivity index (χ2n) is 6.79. The van der Waals surface area contributed by atoms with E-state index in [0.717, 1.165) is 16.8 Å². The quantitative estimate of drug-likeness (QED) is 0.715. The topological polar surface area (TPSA) is 69.0 Å². The molecule has 0 spiro atoms. The van der Waals surface area contributed by atoms with E-state index < -0.39 is 11.5 Å². The summed E-state index contributed by atoms with van der Waals surface area (Å²) in [5.41, 5.74) is 2.57. The molecule has 4 rings (SSSR count). The van der Waals surface area contributed by atoms with Gasteiger partial charge in [-0.1, -0.05) is 30.6 Å². The maximum Gasteiger partial charge on any atom is 0.271 e. The Kier molecular flexibility index (Phi) is 4.38. The smallest absolute Gasteiger partial charge is 0.271 e. The van der Waals surface area contributed by atoms with Gasteiger partial charge in [0.25, 0.3) is 17.0 Å². The second-order valence-corrected chi connectivity index (χ2v) is 7.60. The van der Waals surface area contributed by atoms with Crippen LogP contribution in [0.4, 0.5) is 14.5 Å². The van der Waals surface area contributed by atoms with Crippen LogP contribution in [-0.2, 0) is 6.42 Å². The molecule has 5 nitrogen and oxygen atoms in total. The van der Waals surface area contributed by atoms with Gasteiger partial charge in [-0.3, -0.25) is 14.0 Å². The number of benzene rings is 1. The third-order valence-corrected chi connectivity index (χ3v) is 6.05. The molecule has 142 valence electrons. The summed E-state index contributed by atoms with van der Waals surface area (Å²) >= 11 is 1.18. The third kappa shape index (κ3) is 3.18. The van der Waals surface area contributed by atoms with Crippen LogP contribution in [-0.4, -0.2) is 28.4 Å². The molecule has 0 bridgehead atoms. The number of anilines is 1. The van der Waals surface area contributed by atoms with Crippen LogP contribution in [0.2, 0.25) is 0 Å². The molecule has 1 aromatic carbocycles. The molecule has 0 aliphatic carbocycles. The Bertz CT molecular complexity index is 1090. The molecule has 2 aromatic heterocycles. The fraction of sp³-hybridized carbons (Fsp3) is 0.368. The van der Waals surface area contributed by atoms with Crippen LogP contribution in [0.15, 0.2) is 33.9 Å². The molecule has 0 radical (unpaired) electrons. The Morgan fingerprint density at radius 3 is 2.41 bits per heavy atom. The fourth-order valence-electron chi connectivity index (χ4n) is 3.60. The summed E-state index contributed by atoms with van der Waals surface area (Å²) < 4.78 is 30.0. The summed E-state index contributed by atoms with van der Waals surface area (Å²) in [6.07, 6.45) is 0.398. The number of hydrogen-bond acceptors (Lipinski definition) is 4.